The monoisotopic (exact) mass is 312 g/mol. The quantitative estimate of drug-likeness (QED) is 0.723. The minimum absolute atomic E-state index is 0.455. The van der Waals surface area contributed by atoms with E-state index in [1.165, 1.54) is 29.1 Å². The maximum absolute atomic E-state index is 4.89. The molecule has 1 atom stereocenters. The maximum Gasteiger partial charge on any atom is 0.160 e. The van der Waals surface area contributed by atoms with Crippen LogP contribution in [0.15, 0.2) is 30.5 Å². The number of nitrogens with zero attached hydrogens (tertiary/aromatic N) is 4. The van der Waals surface area contributed by atoms with Gasteiger partial charge in [0.2, 0.25) is 0 Å². The fraction of sp³-hybridized carbons (Fsp3) is 0.412. The van der Waals surface area contributed by atoms with E-state index in [1.54, 1.807) is 0 Å². The number of hydrogen-bond donors (Lipinski definition) is 0. The van der Waals surface area contributed by atoms with Crippen LogP contribution in [0.2, 0.25) is 0 Å². The Hall–Kier alpha value is -1.72. The average Bonchev–Trinajstić information content (AvgIpc) is 3.10. The van der Waals surface area contributed by atoms with Gasteiger partial charge in [0.1, 0.15) is 5.52 Å². The molecular weight excluding hydrogens is 292 g/mol. The summed E-state index contributed by atoms with van der Waals surface area (Å²) in [6.45, 7) is 4.40. The summed E-state index contributed by atoms with van der Waals surface area (Å²) in [7, 11) is 2.20. The van der Waals surface area contributed by atoms with Gasteiger partial charge in [0.15, 0.2) is 11.5 Å². The summed E-state index contributed by atoms with van der Waals surface area (Å²) in [6, 6.07) is 8.84. The lowest BCUT2D eigenvalue weighted by molar-refractivity contribution is 0.215. The molecule has 114 valence electrons. The van der Waals surface area contributed by atoms with Crippen LogP contribution in [-0.4, -0.2) is 39.6 Å². The molecule has 0 saturated carbocycles. The Balaban J connectivity index is 1.90. The molecule has 4 heterocycles. The van der Waals surface area contributed by atoms with Crippen molar-refractivity contribution in [2.45, 2.75) is 25.8 Å². The molecule has 4 rings (SSSR count). The third-order valence-corrected chi connectivity index (χ3v) is 5.37. The lowest BCUT2D eigenvalue weighted by Crippen LogP contribution is -2.33. The summed E-state index contributed by atoms with van der Waals surface area (Å²) < 4.78 is 2.37. The maximum atomic E-state index is 4.89. The molecule has 0 aromatic carbocycles. The summed E-state index contributed by atoms with van der Waals surface area (Å²) in [5.41, 5.74) is 2.01. The molecule has 1 fully saturated rings. The number of fused-ring (bicyclic) bond motifs is 1. The molecule has 5 heteroatoms. The standard InChI is InChI=1S/C17H20N4S/c1-12-7-8-15(22-12)17-19-14-6-3-9-18-16(14)21(17)13-5-4-10-20(2)11-13/h3,6-9,13H,4-5,10-11H2,1-2H3. The highest BCUT2D eigenvalue weighted by atomic mass is 32.1. The van der Waals surface area contributed by atoms with Crippen LogP contribution in [0.4, 0.5) is 0 Å². The van der Waals surface area contributed by atoms with E-state index in [9.17, 15) is 0 Å². The largest absolute Gasteiger partial charge is 0.304 e. The summed E-state index contributed by atoms with van der Waals surface area (Å²) in [5, 5.41) is 0. The number of aromatic nitrogens is 3. The molecule has 0 N–H and O–H groups in total. The van der Waals surface area contributed by atoms with Crippen molar-refractivity contribution in [1.29, 1.82) is 0 Å². The first-order chi connectivity index (χ1) is 10.7. The van der Waals surface area contributed by atoms with E-state index in [4.69, 9.17) is 4.98 Å². The number of thiophene rings is 1. The van der Waals surface area contributed by atoms with E-state index < -0.39 is 0 Å². The van der Waals surface area contributed by atoms with Crippen LogP contribution in [0.25, 0.3) is 21.9 Å². The molecular formula is C17H20N4S. The number of rotatable bonds is 2. The van der Waals surface area contributed by atoms with Crippen molar-refractivity contribution in [3.63, 3.8) is 0 Å². The summed E-state index contributed by atoms with van der Waals surface area (Å²) >= 11 is 1.81. The minimum atomic E-state index is 0.455. The molecule has 22 heavy (non-hydrogen) atoms. The van der Waals surface area contributed by atoms with Crippen LogP contribution < -0.4 is 0 Å². The number of hydrogen-bond acceptors (Lipinski definition) is 4. The SMILES string of the molecule is Cc1ccc(-c2nc3cccnc3n2C2CCCN(C)C2)s1. The van der Waals surface area contributed by atoms with E-state index in [0.717, 1.165) is 23.5 Å². The topological polar surface area (TPSA) is 34.0 Å². The summed E-state index contributed by atoms with van der Waals surface area (Å²) in [5.74, 6) is 1.08. The zero-order valence-corrected chi connectivity index (χ0v) is 13.8. The van der Waals surface area contributed by atoms with Crippen molar-refractivity contribution in [3.8, 4) is 10.7 Å². The predicted octanol–water partition coefficient (Wildman–Crippen LogP) is 3.73. The Morgan fingerprint density at radius 1 is 1.27 bits per heavy atom. The van der Waals surface area contributed by atoms with Crippen molar-refractivity contribution in [1.82, 2.24) is 19.4 Å². The fourth-order valence-corrected chi connectivity index (χ4v) is 4.21. The summed E-state index contributed by atoms with van der Waals surface area (Å²) in [4.78, 5) is 14.5. The molecule has 0 bridgehead atoms. The number of likely N-dealkylation sites (N-methyl/N-ethyl adjacent to an activating group) is 1. The zero-order valence-electron chi connectivity index (χ0n) is 13.0. The Labute approximate surface area is 134 Å². The van der Waals surface area contributed by atoms with Gasteiger partial charge in [-0.15, -0.1) is 11.3 Å². The lowest BCUT2D eigenvalue weighted by Gasteiger charge is -2.31. The zero-order chi connectivity index (χ0) is 15.1. The fourth-order valence-electron chi connectivity index (χ4n) is 3.35. The first-order valence-electron chi connectivity index (χ1n) is 7.80. The van der Waals surface area contributed by atoms with Gasteiger partial charge in [-0.3, -0.25) is 0 Å². The van der Waals surface area contributed by atoms with Gasteiger partial charge in [0.05, 0.1) is 4.88 Å². The molecule has 1 unspecified atom stereocenters. The van der Waals surface area contributed by atoms with Crippen LogP contribution >= 0.6 is 11.3 Å². The second-order valence-electron chi connectivity index (χ2n) is 6.12. The molecule has 3 aromatic rings. The van der Waals surface area contributed by atoms with Gasteiger partial charge in [0, 0.05) is 23.7 Å². The smallest absolute Gasteiger partial charge is 0.160 e. The third kappa shape index (κ3) is 2.34. The van der Waals surface area contributed by atoms with E-state index in [0.29, 0.717) is 6.04 Å². The van der Waals surface area contributed by atoms with Gasteiger partial charge in [-0.05, 0) is 57.6 Å². The van der Waals surface area contributed by atoms with E-state index in [-0.39, 0.29) is 0 Å². The van der Waals surface area contributed by atoms with Gasteiger partial charge in [-0.25, -0.2) is 9.97 Å². The highest BCUT2D eigenvalue weighted by Crippen LogP contribution is 2.34. The third-order valence-electron chi connectivity index (χ3n) is 4.37. The van der Waals surface area contributed by atoms with Crippen LogP contribution in [0, 0.1) is 6.92 Å². The molecule has 1 saturated heterocycles. The first-order valence-corrected chi connectivity index (χ1v) is 8.62. The van der Waals surface area contributed by atoms with Crippen molar-refractivity contribution >= 4 is 22.5 Å². The minimum Gasteiger partial charge on any atom is -0.304 e. The molecule has 0 aliphatic carbocycles. The molecule has 0 spiro atoms. The van der Waals surface area contributed by atoms with E-state index in [1.807, 2.05) is 23.6 Å². The first kappa shape index (κ1) is 13.9. The van der Waals surface area contributed by atoms with E-state index >= 15 is 0 Å². The second kappa shape index (κ2) is 5.48. The highest BCUT2D eigenvalue weighted by molar-refractivity contribution is 7.15. The van der Waals surface area contributed by atoms with Crippen molar-refractivity contribution in [2.24, 2.45) is 0 Å². The number of likely N-dealkylation sites (tertiary alicyclic amines) is 1. The number of piperidine rings is 1. The molecule has 0 amide bonds. The van der Waals surface area contributed by atoms with Crippen LogP contribution in [0.1, 0.15) is 23.8 Å². The number of pyridine rings is 1. The Morgan fingerprint density at radius 2 is 2.18 bits per heavy atom. The van der Waals surface area contributed by atoms with Gasteiger partial charge >= 0.3 is 0 Å². The Bertz CT molecular complexity index is 804. The lowest BCUT2D eigenvalue weighted by atomic mass is 10.1. The number of imidazole rings is 1. The summed E-state index contributed by atoms with van der Waals surface area (Å²) in [6.07, 6.45) is 4.30. The predicted molar refractivity (Wildman–Crippen MR) is 91.3 cm³/mol. The van der Waals surface area contributed by atoms with Crippen molar-refractivity contribution in [3.05, 3.63) is 35.3 Å². The van der Waals surface area contributed by atoms with Crippen LogP contribution in [0.3, 0.4) is 0 Å². The number of aryl methyl sites for hydroxylation is 1. The van der Waals surface area contributed by atoms with Gasteiger partial charge in [-0.2, -0.15) is 0 Å². The van der Waals surface area contributed by atoms with Crippen LogP contribution in [-0.2, 0) is 0 Å². The molecule has 3 aromatic heterocycles. The average molecular weight is 312 g/mol. The molecule has 4 nitrogen and oxygen atoms in total. The highest BCUT2D eigenvalue weighted by Gasteiger charge is 2.25. The van der Waals surface area contributed by atoms with Crippen molar-refractivity contribution < 1.29 is 0 Å². The van der Waals surface area contributed by atoms with Crippen molar-refractivity contribution in [2.75, 3.05) is 20.1 Å². The Kier molecular flexibility index (Phi) is 3.47. The Morgan fingerprint density at radius 3 is 2.95 bits per heavy atom. The van der Waals surface area contributed by atoms with Gasteiger partial charge in [0.25, 0.3) is 0 Å². The molecule has 1 aliphatic heterocycles. The van der Waals surface area contributed by atoms with Gasteiger partial charge < -0.3 is 9.47 Å². The molecule has 0 radical (unpaired) electrons. The normalized spacial score (nSPS) is 19.8. The van der Waals surface area contributed by atoms with E-state index in [2.05, 4.69) is 46.6 Å². The van der Waals surface area contributed by atoms with Crippen LogP contribution in [0.5, 0.6) is 0 Å². The molecule has 1 aliphatic rings. The second-order valence-corrected chi connectivity index (χ2v) is 7.41. The van der Waals surface area contributed by atoms with Gasteiger partial charge in [-0.1, -0.05) is 0 Å².